The second kappa shape index (κ2) is 8.17. The summed E-state index contributed by atoms with van der Waals surface area (Å²) < 4.78 is 14.5. The number of aryl methyl sites for hydroxylation is 1. The Kier molecular flexibility index (Phi) is 5.68. The van der Waals surface area contributed by atoms with E-state index in [0.29, 0.717) is 28.7 Å². The highest BCUT2D eigenvalue weighted by Crippen LogP contribution is 2.19. The van der Waals surface area contributed by atoms with Crippen molar-refractivity contribution in [1.82, 2.24) is 9.55 Å². The van der Waals surface area contributed by atoms with Crippen molar-refractivity contribution >= 4 is 11.6 Å². The zero-order valence-electron chi connectivity index (χ0n) is 16.1. The van der Waals surface area contributed by atoms with E-state index in [4.69, 9.17) is 0 Å². The maximum absolute atomic E-state index is 13.3. The maximum atomic E-state index is 13.3. The molecule has 0 aliphatic rings. The minimum absolute atomic E-state index is 0.190. The SMILES string of the molecule is Cc1cc(=O)n(CC(=O)Nc2cccc(C(C)C)c2)c(-c2ccc(F)cc2)n1. The average molecular weight is 379 g/mol. The van der Waals surface area contributed by atoms with E-state index in [-0.39, 0.29) is 23.8 Å². The molecule has 1 heterocycles. The topological polar surface area (TPSA) is 64.0 Å². The van der Waals surface area contributed by atoms with Gasteiger partial charge in [0.05, 0.1) is 0 Å². The van der Waals surface area contributed by atoms with Crippen molar-refractivity contribution < 1.29 is 9.18 Å². The summed E-state index contributed by atoms with van der Waals surface area (Å²) >= 11 is 0. The molecule has 0 atom stereocenters. The van der Waals surface area contributed by atoms with Gasteiger partial charge in [0.2, 0.25) is 5.91 Å². The number of amides is 1. The molecule has 5 nitrogen and oxygen atoms in total. The van der Waals surface area contributed by atoms with Gasteiger partial charge < -0.3 is 5.32 Å². The van der Waals surface area contributed by atoms with Gasteiger partial charge in [0.25, 0.3) is 5.56 Å². The van der Waals surface area contributed by atoms with E-state index in [2.05, 4.69) is 24.1 Å². The number of halogens is 1. The monoisotopic (exact) mass is 379 g/mol. The summed E-state index contributed by atoms with van der Waals surface area (Å²) in [5, 5.41) is 2.83. The van der Waals surface area contributed by atoms with Crippen molar-refractivity contribution in [2.75, 3.05) is 5.32 Å². The van der Waals surface area contributed by atoms with Crippen molar-refractivity contribution in [1.29, 1.82) is 0 Å². The Balaban J connectivity index is 1.89. The third-order valence-electron chi connectivity index (χ3n) is 4.38. The highest BCUT2D eigenvalue weighted by Gasteiger charge is 2.14. The summed E-state index contributed by atoms with van der Waals surface area (Å²) in [4.78, 5) is 29.5. The van der Waals surface area contributed by atoms with Gasteiger partial charge in [-0.2, -0.15) is 0 Å². The zero-order valence-corrected chi connectivity index (χ0v) is 16.1. The third-order valence-corrected chi connectivity index (χ3v) is 4.38. The number of carbonyl (C=O) groups excluding carboxylic acids is 1. The lowest BCUT2D eigenvalue weighted by atomic mass is 10.0. The summed E-state index contributed by atoms with van der Waals surface area (Å²) in [6, 6.07) is 14.7. The Morgan fingerprint density at radius 2 is 1.86 bits per heavy atom. The lowest BCUT2D eigenvalue weighted by Gasteiger charge is -2.14. The summed E-state index contributed by atoms with van der Waals surface area (Å²) in [6.45, 7) is 5.67. The number of hydrogen-bond donors (Lipinski definition) is 1. The lowest BCUT2D eigenvalue weighted by molar-refractivity contribution is -0.116. The average Bonchev–Trinajstić information content (AvgIpc) is 2.64. The van der Waals surface area contributed by atoms with Gasteiger partial charge in [-0.1, -0.05) is 26.0 Å². The van der Waals surface area contributed by atoms with Crippen LogP contribution in [0, 0.1) is 12.7 Å². The van der Waals surface area contributed by atoms with Crippen LogP contribution in [0.4, 0.5) is 10.1 Å². The number of rotatable bonds is 5. The van der Waals surface area contributed by atoms with Gasteiger partial charge in [0, 0.05) is 23.0 Å². The van der Waals surface area contributed by atoms with Crippen LogP contribution in [0.15, 0.2) is 59.4 Å². The molecule has 0 saturated carbocycles. The van der Waals surface area contributed by atoms with E-state index in [0.717, 1.165) is 5.56 Å². The van der Waals surface area contributed by atoms with Gasteiger partial charge in [0.1, 0.15) is 18.2 Å². The second-order valence-corrected chi connectivity index (χ2v) is 6.98. The summed E-state index contributed by atoms with van der Waals surface area (Å²) in [5.41, 5.74) is 2.55. The fourth-order valence-corrected chi connectivity index (χ4v) is 2.91. The molecule has 0 bridgehead atoms. The van der Waals surface area contributed by atoms with Gasteiger partial charge in [0.15, 0.2) is 0 Å². The standard InChI is InChI=1S/C22H22FN3O2/c1-14(2)17-5-4-6-19(12-17)25-20(27)13-26-21(28)11-15(3)24-22(26)16-7-9-18(23)10-8-16/h4-12,14H,13H2,1-3H3,(H,25,27). The van der Waals surface area contributed by atoms with Crippen LogP contribution >= 0.6 is 0 Å². The van der Waals surface area contributed by atoms with Gasteiger partial charge in [-0.25, -0.2) is 9.37 Å². The molecule has 0 fully saturated rings. The van der Waals surface area contributed by atoms with Crippen molar-refractivity contribution in [3.05, 3.63) is 82.0 Å². The summed E-state index contributed by atoms with van der Waals surface area (Å²) in [6.07, 6.45) is 0. The molecular weight excluding hydrogens is 357 g/mol. The molecule has 1 amide bonds. The zero-order chi connectivity index (χ0) is 20.3. The van der Waals surface area contributed by atoms with Gasteiger partial charge in [-0.15, -0.1) is 0 Å². The third kappa shape index (κ3) is 4.52. The van der Waals surface area contributed by atoms with Crippen molar-refractivity contribution in [3.63, 3.8) is 0 Å². The number of aromatic nitrogens is 2. The number of hydrogen-bond acceptors (Lipinski definition) is 3. The Bertz CT molecular complexity index is 1060. The van der Waals surface area contributed by atoms with E-state index in [1.165, 1.54) is 34.9 Å². The molecular formula is C22H22FN3O2. The number of nitrogens with one attached hydrogen (secondary N) is 1. The van der Waals surface area contributed by atoms with Crippen LogP contribution < -0.4 is 10.9 Å². The van der Waals surface area contributed by atoms with Crippen LogP contribution in [0.2, 0.25) is 0 Å². The molecule has 3 rings (SSSR count). The number of benzene rings is 2. The largest absolute Gasteiger partial charge is 0.325 e. The van der Waals surface area contributed by atoms with Gasteiger partial charge in [-0.05, 0) is 54.8 Å². The highest BCUT2D eigenvalue weighted by atomic mass is 19.1. The second-order valence-electron chi connectivity index (χ2n) is 6.98. The first-order valence-electron chi connectivity index (χ1n) is 9.07. The van der Waals surface area contributed by atoms with E-state index >= 15 is 0 Å². The molecule has 1 aromatic heterocycles. The molecule has 144 valence electrons. The Hall–Kier alpha value is -3.28. The fourth-order valence-electron chi connectivity index (χ4n) is 2.91. The molecule has 1 N–H and O–H groups in total. The Labute approximate surface area is 162 Å². The summed E-state index contributed by atoms with van der Waals surface area (Å²) in [5.74, 6) is -0.0490. The molecule has 3 aromatic rings. The lowest BCUT2D eigenvalue weighted by Crippen LogP contribution is -2.29. The van der Waals surface area contributed by atoms with Crippen LogP contribution in [-0.2, 0) is 11.3 Å². The number of anilines is 1. The van der Waals surface area contributed by atoms with Crippen LogP contribution in [-0.4, -0.2) is 15.5 Å². The first-order chi connectivity index (χ1) is 13.3. The quantitative estimate of drug-likeness (QED) is 0.725. The highest BCUT2D eigenvalue weighted by molar-refractivity contribution is 5.90. The van der Waals surface area contributed by atoms with Crippen molar-refractivity contribution in [3.8, 4) is 11.4 Å². The van der Waals surface area contributed by atoms with Crippen molar-refractivity contribution in [2.45, 2.75) is 33.2 Å². The Morgan fingerprint density at radius 3 is 2.54 bits per heavy atom. The predicted octanol–water partition coefficient (Wildman–Crippen LogP) is 4.12. The molecule has 0 aliphatic heterocycles. The molecule has 0 saturated heterocycles. The molecule has 2 aromatic carbocycles. The molecule has 28 heavy (non-hydrogen) atoms. The van der Waals surface area contributed by atoms with Crippen LogP contribution in [0.3, 0.4) is 0 Å². The predicted molar refractivity (Wildman–Crippen MR) is 108 cm³/mol. The maximum Gasteiger partial charge on any atom is 0.254 e. The molecule has 0 aliphatic carbocycles. The molecule has 6 heteroatoms. The van der Waals surface area contributed by atoms with E-state index < -0.39 is 0 Å². The van der Waals surface area contributed by atoms with E-state index in [9.17, 15) is 14.0 Å². The molecule has 0 unspecified atom stereocenters. The van der Waals surface area contributed by atoms with E-state index in [1.54, 1.807) is 13.0 Å². The van der Waals surface area contributed by atoms with E-state index in [1.807, 2.05) is 18.2 Å². The summed E-state index contributed by atoms with van der Waals surface area (Å²) in [7, 11) is 0. The van der Waals surface area contributed by atoms with Gasteiger partial charge in [-0.3, -0.25) is 14.2 Å². The normalized spacial score (nSPS) is 10.9. The van der Waals surface area contributed by atoms with Crippen LogP contribution in [0.5, 0.6) is 0 Å². The first kappa shape index (κ1) is 19.5. The first-order valence-corrected chi connectivity index (χ1v) is 9.07. The minimum Gasteiger partial charge on any atom is -0.325 e. The number of carbonyl (C=O) groups is 1. The molecule has 0 spiro atoms. The van der Waals surface area contributed by atoms with Crippen LogP contribution in [0.25, 0.3) is 11.4 Å². The van der Waals surface area contributed by atoms with Crippen LogP contribution in [0.1, 0.15) is 31.0 Å². The molecule has 0 radical (unpaired) electrons. The fraction of sp³-hybridized carbons (Fsp3) is 0.227. The smallest absolute Gasteiger partial charge is 0.254 e. The van der Waals surface area contributed by atoms with Gasteiger partial charge >= 0.3 is 0 Å². The van der Waals surface area contributed by atoms with Crippen molar-refractivity contribution in [2.24, 2.45) is 0 Å². The number of nitrogens with zero attached hydrogens (tertiary/aromatic N) is 2. The minimum atomic E-state index is -0.381. The Morgan fingerprint density at radius 1 is 1.14 bits per heavy atom.